The highest BCUT2D eigenvalue weighted by atomic mass is 16.3. The van der Waals surface area contributed by atoms with Crippen molar-refractivity contribution in [1.82, 2.24) is 9.97 Å². The molecule has 0 saturated carbocycles. The van der Waals surface area contributed by atoms with Crippen molar-refractivity contribution in [2.75, 3.05) is 0 Å². The number of rotatable bonds is 2. The highest BCUT2D eigenvalue weighted by molar-refractivity contribution is 5.39. The molecule has 0 spiro atoms. The zero-order valence-electron chi connectivity index (χ0n) is 10.8. The summed E-state index contributed by atoms with van der Waals surface area (Å²) in [6, 6.07) is 8.19. The number of hydrogen-bond acceptors (Lipinski definition) is 3. The molecule has 2 N–H and O–H groups in total. The highest BCUT2D eigenvalue weighted by Gasteiger charge is 2.26. The predicted octanol–water partition coefficient (Wildman–Crippen LogP) is 2.12. The van der Waals surface area contributed by atoms with Crippen molar-refractivity contribution >= 4 is 0 Å². The number of H-pyrrole nitrogens is 1. The van der Waals surface area contributed by atoms with Gasteiger partial charge in [0.2, 0.25) is 5.88 Å². The Morgan fingerprint density at radius 1 is 1.42 bits per heavy atom. The van der Waals surface area contributed by atoms with Gasteiger partial charge in [-0.3, -0.25) is 4.79 Å². The van der Waals surface area contributed by atoms with E-state index in [4.69, 9.17) is 0 Å². The molecule has 0 aliphatic heterocycles. The first-order valence-electron chi connectivity index (χ1n) is 6.60. The van der Waals surface area contributed by atoms with Gasteiger partial charge in [0.25, 0.3) is 5.56 Å². The number of aryl methyl sites for hydroxylation is 1. The Labute approximate surface area is 111 Å². The van der Waals surface area contributed by atoms with Crippen LogP contribution in [0.1, 0.15) is 41.8 Å². The topological polar surface area (TPSA) is 66.0 Å². The van der Waals surface area contributed by atoms with E-state index in [0.29, 0.717) is 17.8 Å². The second kappa shape index (κ2) is 4.53. The average Bonchev–Trinajstić information content (AvgIpc) is 2.82. The third-order valence-corrected chi connectivity index (χ3v) is 3.83. The van der Waals surface area contributed by atoms with Gasteiger partial charge in [-0.2, -0.15) is 4.98 Å². The highest BCUT2D eigenvalue weighted by Crippen LogP contribution is 2.36. The zero-order chi connectivity index (χ0) is 13.4. The third kappa shape index (κ3) is 1.93. The number of aromatic amines is 1. The Morgan fingerprint density at radius 3 is 2.95 bits per heavy atom. The molecule has 1 unspecified atom stereocenters. The minimum absolute atomic E-state index is 0.0840. The van der Waals surface area contributed by atoms with E-state index in [9.17, 15) is 9.90 Å². The van der Waals surface area contributed by atoms with E-state index in [-0.39, 0.29) is 17.4 Å². The van der Waals surface area contributed by atoms with Crippen LogP contribution < -0.4 is 5.56 Å². The van der Waals surface area contributed by atoms with Crippen LogP contribution in [-0.2, 0) is 12.8 Å². The van der Waals surface area contributed by atoms with Gasteiger partial charge in [0.05, 0.1) is 5.56 Å². The van der Waals surface area contributed by atoms with Gasteiger partial charge in [0.15, 0.2) is 0 Å². The van der Waals surface area contributed by atoms with Gasteiger partial charge in [-0.1, -0.05) is 31.2 Å². The Bertz CT molecular complexity index is 676. The van der Waals surface area contributed by atoms with Crippen molar-refractivity contribution in [2.24, 2.45) is 0 Å². The Balaban J connectivity index is 2.08. The van der Waals surface area contributed by atoms with E-state index in [1.165, 1.54) is 11.1 Å². The fraction of sp³-hybridized carbons (Fsp3) is 0.333. The van der Waals surface area contributed by atoms with Crippen LogP contribution in [0.4, 0.5) is 0 Å². The maximum atomic E-state index is 11.9. The molecule has 19 heavy (non-hydrogen) atoms. The molecule has 1 aromatic carbocycles. The normalized spacial score (nSPS) is 17.4. The first-order valence-corrected chi connectivity index (χ1v) is 6.60. The summed E-state index contributed by atoms with van der Waals surface area (Å²) < 4.78 is 0. The summed E-state index contributed by atoms with van der Waals surface area (Å²) in [6.07, 6.45) is 2.39. The molecule has 0 amide bonds. The number of fused-ring (bicyclic) bond motifs is 1. The number of aromatic nitrogens is 2. The van der Waals surface area contributed by atoms with Gasteiger partial charge in [0.1, 0.15) is 5.82 Å². The molecule has 0 bridgehead atoms. The standard InChI is InChI=1S/C15H16N2O2/c1-2-10-14(18)16-13(17-15(10)19)12-8-7-9-5-3-4-6-11(9)12/h3-6,12H,2,7-8H2,1H3,(H2,16,17,18,19). The Hall–Kier alpha value is -2.10. The number of benzene rings is 1. The molecule has 3 rings (SSSR count). The first kappa shape index (κ1) is 12.0. The molecular formula is C15H16N2O2. The van der Waals surface area contributed by atoms with Crippen LogP contribution in [0.2, 0.25) is 0 Å². The smallest absolute Gasteiger partial charge is 0.257 e. The van der Waals surface area contributed by atoms with Gasteiger partial charge in [-0.05, 0) is 30.4 Å². The summed E-state index contributed by atoms with van der Waals surface area (Å²) in [5, 5.41) is 9.85. The lowest BCUT2D eigenvalue weighted by Gasteiger charge is -2.12. The van der Waals surface area contributed by atoms with Gasteiger partial charge in [-0.15, -0.1) is 0 Å². The molecule has 1 atom stereocenters. The fourth-order valence-electron chi connectivity index (χ4n) is 2.83. The van der Waals surface area contributed by atoms with Gasteiger partial charge in [0, 0.05) is 5.92 Å². The van der Waals surface area contributed by atoms with E-state index >= 15 is 0 Å². The molecule has 1 heterocycles. The van der Waals surface area contributed by atoms with Crippen LogP contribution in [-0.4, -0.2) is 15.1 Å². The van der Waals surface area contributed by atoms with E-state index in [2.05, 4.69) is 22.1 Å². The summed E-state index contributed by atoms with van der Waals surface area (Å²) >= 11 is 0. The lowest BCUT2D eigenvalue weighted by molar-refractivity contribution is 0.438. The monoisotopic (exact) mass is 256 g/mol. The molecule has 4 heteroatoms. The maximum Gasteiger partial charge on any atom is 0.257 e. The van der Waals surface area contributed by atoms with Crippen LogP contribution in [0, 0.1) is 0 Å². The molecule has 98 valence electrons. The van der Waals surface area contributed by atoms with E-state index in [1.54, 1.807) is 0 Å². The summed E-state index contributed by atoms with van der Waals surface area (Å²) in [7, 11) is 0. The van der Waals surface area contributed by atoms with Gasteiger partial charge in [-0.25, -0.2) is 0 Å². The molecule has 1 aliphatic rings. The van der Waals surface area contributed by atoms with Crippen molar-refractivity contribution in [3.63, 3.8) is 0 Å². The molecular weight excluding hydrogens is 240 g/mol. The number of aromatic hydroxyl groups is 1. The van der Waals surface area contributed by atoms with Crippen LogP contribution in [0.3, 0.4) is 0 Å². The molecule has 1 aromatic heterocycles. The Morgan fingerprint density at radius 2 is 2.21 bits per heavy atom. The fourth-order valence-corrected chi connectivity index (χ4v) is 2.83. The minimum Gasteiger partial charge on any atom is -0.493 e. The van der Waals surface area contributed by atoms with E-state index < -0.39 is 0 Å². The maximum absolute atomic E-state index is 11.9. The first-order chi connectivity index (χ1) is 9.20. The van der Waals surface area contributed by atoms with E-state index in [0.717, 1.165) is 12.8 Å². The average molecular weight is 256 g/mol. The SMILES string of the molecule is CCc1c(O)nc(C2CCc3ccccc32)[nH]c1=O. The molecule has 0 radical (unpaired) electrons. The van der Waals surface area contributed by atoms with Crippen LogP contribution >= 0.6 is 0 Å². The summed E-state index contributed by atoms with van der Waals surface area (Å²) in [5.74, 6) is 0.524. The molecule has 2 aromatic rings. The summed E-state index contributed by atoms with van der Waals surface area (Å²) in [5.41, 5.74) is 2.63. The summed E-state index contributed by atoms with van der Waals surface area (Å²) in [4.78, 5) is 18.9. The Kier molecular flexibility index (Phi) is 2.85. The second-order valence-electron chi connectivity index (χ2n) is 4.90. The molecule has 4 nitrogen and oxygen atoms in total. The minimum atomic E-state index is -0.227. The van der Waals surface area contributed by atoms with Crippen molar-refractivity contribution < 1.29 is 5.11 Å². The number of hydrogen-bond donors (Lipinski definition) is 2. The number of nitrogens with one attached hydrogen (secondary N) is 1. The van der Waals surface area contributed by atoms with Crippen molar-refractivity contribution in [3.05, 3.63) is 57.1 Å². The lowest BCUT2D eigenvalue weighted by Crippen LogP contribution is -2.18. The third-order valence-electron chi connectivity index (χ3n) is 3.83. The van der Waals surface area contributed by atoms with Crippen LogP contribution in [0.25, 0.3) is 0 Å². The molecule has 0 saturated heterocycles. The molecule has 0 fully saturated rings. The van der Waals surface area contributed by atoms with Crippen LogP contribution in [0.5, 0.6) is 5.88 Å². The quantitative estimate of drug-likeness (QED) is 0.865. The predicted molar refractivity (Wildman–Crippen MR) is 72.5 cm³/mol. The van der Waals surface area contributed by atoms with Crippen molar-refractivity contribution in [1.29, 1.82) is 0 Å². The van der Waals surface area contributed by atoms with Gasteiger partial charge >= 0.3 is 0 Å². The zero-order valence-corrected chi connectivity index (χ0v) is 10.8. The van der Waals surface area contributed by atoms with Crippen molar-refractivity contribution in [3.8, 4) is 5.88 Å². The van der Waals surface area contributed by atoms with Crippen molar-refractivity contribution in [2.45, 2.75) is 32.1 Å². The van der Waals surface area contributed by atoms with Gasteiger partial charge < -0.3 is 10.1 Å². The largest absolute Gasteiger partial charge is 0.493 e. The summed E-state index contributed by atoms with van der Waals surface area (Å²) in [6.45, 7) is 1.83. The van der Waals surface area contributed by atoms with Crippen LogP contribution in [0.15, 0.2) is 29.1 Å². The lowest BCUT2D eigenvalue weighted by atomic mass is 10.0. The molecule has 1 aliphatic carbocycles. The second-order valence-corrected chi connectivity index (χ2v) is 4.90. The van der Waals surface area contributed by atoms with E-state index in [1.807, 2.05) is 19.1 Å². The number of nitrogens with zero attached hydrogens (tertiary/aromatic N) is 1.